The van der Waals surface area contributed by atoms with Crippen LogP contribution in [0, 0.1) is 5.92 Å². The van der Waals surface area contributed by atoms with Gasteiger partial charge in [0.2, 0.25) is 11.8 Å². The molecule has 0 heterocycles. The minimum absolute atomic E-state index is 0.0416. The van der Waals surface area contributed by atoms with Gasteiger partial charge in [-0.15, -0.1) is 0 Å². The van der Waals surface area contributed by atoms with Crippen molar-refractivity contribution in [2.75, 3.05) is 19.6 Å². The summed E-state index contributed by atoms with van der Waals surface area (Å²) < 4.78 is 0. The number of rotatable bonds is 8. The molecule has 0 aliphatic rings. The van der Waals surface area contributed by atoms with Crippen LogP contribution >= 0.6 is 0 Å². The highest BCUT2D eigenvalue weighted by molar-refractivity contribution is 5.78. The zero-order chi connectivity index (χ0) is 11.7. The highest BCUT2D eigenvalue weighted by atomic mass is 16.2. The molecule has 0 aliphatic heterocycles. The molecule has 4 N–H and O–H groups in total. The second kappa shape index (κ2) is 8.23. The molecular formula is C10H21N3O2. The van der Waals surface area contributed by atoms with E-state index in [1.807, 2.05) is 0 Å². The first-order valence-corrected chi connectivity index (χ1v) is 5.28. The van der Waals surface area contributed by atoms with Gasteiger partial charge >= 0.3 is 0 Å². The molecule has 88 valence electrons. The standard InChI is InChI=1S/C10H21N3O2/c1-8(2)3-6-13-10(15)7-12-5-4-9(11)14/h8,12H,3-7H2,1-2H3,(H2,11,14)(H,13,15). The molecular weight excluding hydrogens is 194 g/mol. The molecule has 0 spiro atoms. The molecule has 0 saturated carbocycles. The Kier molecular flexibility index (Phi) is 7.62. The number of hydrogen-bond acceptors (Lipinski definition) is 3. The lowest BCUT2D eigenvalue weighted by Gasteiger charge is -2.07. The summed E-state index contributed by atoms with van der Waals surface area (Å²) in [5.74, 6) is 0.191. The van der Waals surface area contributed by atoms with Gasteiger partial charge in [-0.25, -0.2) is 0 Å². The maximum Gasteiger partial charge on any atom is 0.233 e. The molecule has 0 bridgehead atoms. The van der Waals surface area contributed by atoms with Crippen LogP contribution in [-0.2, 0) is 9.59 Å². The Bertz CT molecular complexity index is 205. The lowest BCUT2D eigenvalue weighted by molar-refractivity contribution is -0.121. The molecule has 5 heteroatoms. The first kappa shape index (κ1) is 13.9. The third kappa shape index (κ3) is 10.8. The summed E-state index contributed by atoms with van der Waals surface area (Å²) >= 11 is 0. The smallest absolute Gasteiger partial charge is 0.233 e. The molecule has 15 heavy (non-hydrogen) atoms. The third-order valence-corrected chi connectivity index (χ3v) is 1.88. The maximum absolute atomic E-state index is 11.2. The highest BCUT2D eigenvalue weighted by Crippen LogP contribution is 1.95. The molecule has 0 aromatic rings. The summed E-state index contributed by atoms with van der Waals surface area (Å²) in [5.41, 5.74) is 4.94. The van der Waals surface area contributed by atoms with Crippen molar-refractivity contribution in [1.82, 2.24) is 10.6 Å². The Balaban J connectivity index is 3.30. The van der Waals surface area contributed by atoms with Crippen LogP contribution in [0.2, 0.25) is 0 Å². The molecule has 0 radical (unpaired) electrons. The second-order valence-electron chi connectivity index (χ2n) is 3.93. The van der Waals surface area contributed by atoms with E-state index in [0.29, 0.717) is 19.0 Å². The Morgan fingerprint density at radius 1 is 1.27 bits per heavy atom. The quantitative estimate of drug-likeness (QED) is 0.482. The van der Waals surface area contributed by atoms with Gasteiger partial charge in [0.25, 0.3) is 0 Å². The largest absolute Gasteiger partial charge is 0.370 e. The topological polar surface area (TPSA) is 84.2 Å². The molecule has 0 aromatic carbocycles. The van der Waals surface area contributed by atoms with E-state index >= 15 is 0 Å². The molecule has 0 unspecified atom stereocenters. The van der Waals surface area contributed by atoms with Crippen LogP contribution in [0.25, 0.3) is 0 Å². The van der Waals surface area contributed by atoms with Gasteiger partial charge in [0.15, 0.2) is 0 Å². The van der Waals surface area contributed by atoms with Crippen molar-refractivity contribution in [3.63, 3.8) is 0 Å². The van der Waals surface area contributed by atoms with Crippen molar-refractivity contribution in [3.8, 4) is 0 Å². The van der Waals surface area contributed by atoms with E-state index in [0.717, 1.165) is 6.42 Å². The van der Waals surface area contributed by atoms with Crippen molar-refractivity contribution < 1.29 is 9.59 Å². The SMILES string of the molecule is CC(C)CCNC(=O)CNCCC(N)=O. The molecule has 0 aliphatic carbocycles. The van der Waals surface area contributed by atoms with Crippen LogP contribution < -0.4 is 16.4 Å². The average molecular weight is 215 g/mol. The summed E-state index contributed by atoms with van der Waals surface area (Å²) in [4.78, 5) is 21.6. The van der Waals surface area contributed by atoms with Gasteiger partial charge in [-0.2, -0.15) is 0 Å². The van der Waals surface area contributed by atoms with E-state index in [4.69, 9.17) is 5.73 Å². The maximum atomic E-state index is 11.2. The number of amides is 2. The lowest BCUT2D eigenvalue weighted by atomic mass is 10.1. The van der Waals surface area contributed by atoms with Gasteiger partial charge in [-0.3, -0.25) is 9.59 Å². The van der Waals surface area contributed by atoms with Gasteiger partial charge in [0, 0.05) is 19.5 Å². The zero-order valence-corrected chi connectivity index (χ0v) is 9.51. The van der Waals surface area contributed by atoms with Crippen LogP contribution in [0.1, 0.15) is 26.7 Å². The van der Waals surface area contributed by atoms with Gasteiger partial charge in [0.05, 0.1) is 6.54 Å². The Morgan fingerprint density at radius 3 is 2.47 bits per heavy atom. The first-order chi connectivity index (χ1) is 7.02. The van der Waals surface area contributed by atoms with E-state index in [1.165, 1.54) is 0 Å². The zero-order valence-electron chi connectivity index (χ0n) is 9.51. The molecule has 0 rings (SSSR count). The van der Waals surface area contributed by atoms with Gasteiger partial charge in [-0.1, -0.05) is 13.8 Å². The predicted octanol–water partition coefficient (Wildman–Crippen LogP) is -0.386. The normalized spacial score (nSPS) is 10.3. The van der Waals surface area contributed by atoms with Crippen molar-refractivity contribution in [3.05, 3.63) is 0 Å². The van der Waals surface area contributed by atoms with Crippen LogP contribution in [-0.4, -0.2) is 31.4 Å². The molecule has 0 saturated heterocycles. The fourth-order valence-electron chi connectivity index (χ4n) is 0.976. The summed E-state index contributed by atoms with van der Waals surface area (Å²) in [6.07, 6.45) is 1.24. The molecule has 0 atom stereocenters. The molecule has 0 aromatic heterocycles. The highest BCUT2D eigenvalue weighted by Gasteiger charge is 2.01. The Labute approximate surface area is 90.8 Å². The van der Waals surface area contributed by atoms with Crippen molar-refractivity contribution in [1.29, 1.82) is 0 Å². The fourth-order valence-corrected chi connectivity index (χ4v) is 0.976. The molecule has 5 nitrogen and oxygen atoms in total. The molecule has 2 amide bonds. The van der Waals surface area contributed by atoms with Gasteiger partial charge in [-0.05, 0) is 12.3 Å². The predicted molar refractivity (Wildman–Crippen MR) is 59.1 cm³/mol. The van der Waals surface area contributed by atoms with E-state index in [-0.39, 0.29) is 24.8 Å². The van der Waals surface area contributed by atoms with Crippen molar-refractivity contribution >= 4 is 11.8 Å². The van der Waals surface area contributed by atoms with Crippen molar-refractivity contribution in [2.45, 2.75) is 26.7 Å². The van der Waals surface area contributed by atoms with E-state index in [9.17, 15) is 9.59 Å². The van der Waals surface area contributed by atoms with E-state index in [1.54, 1.807) is 0 Å². The number of carbonyl (C=O) groups excluding carboxylic acids is 2. The Morgan fingerprint density at radius 2 is 1.93 bits per heavy atom. The van der Waals surface area contributed by atoms with E-state index < -0.39 is 0 Å². The monoisotopic (exact) mass is 215 g/mol. The van der Waals surface area contributed by atoms with Crippen molar-refractivity contribution in [2.24, 2.45) is 11.7 Å². The minimum atomic E-state index is -0.359. The number of carbonyl (C=O) groups is 2. The van der Waals surface area contributed by atoms with Crippen LogP contribution in [0.15, 0.2) is 0 Å². The third-order valence-electron chi connectivity index (χ3n) is 1.88. The number of nitrogens with two attached hydrogens (primary N) is 1. The minimum Gasteiger partial charge on any atom is -0.370 e. The Hall–Kier alpha value is -1.10. The molecule has 0 fully saturated rings. The van der Waals surface area contributed by atoms with Crippen LogP contribution in [0.4, 0.5) is 0 Å². The summed E-state index contributed by atoms with van der Waals surface area (Å²) in [6, 6.07) is 0. The van der Waals surface area contributed by atoms with Crippen LogP contribution in [0.5, 0.6) is 0 Å². The summed E-state index contributed by atoms with van der Waals surface area (Å²) in [5, 5.41) is 5.63. The van der Waals surface area contributed by atoms with Crippen LogP contribution in [0.3, 0.4) is 0 Å². The number of nitrogens with one attached hydrogen (secondary N) is 2. The average Bonchev–Trinajstić information content (AvgIpc) is 2.11. The number of primary amides is 1. The lowest BCUT2D eigenvalue weighted by Crippen LogP contribution is -2.35. The second-order valence-corrected chi connectivity index (χ2v) is 3.93. The summed E-state index contributed by atoms with van der Waals surface area (Å²) in [6.45, 7) is 5.61. The number of hydrogen-bond donors (Lipinski definition) is 3. The fraction of sp³-hybridized carbons (Fsp3) is 0.800. The summed E-state index contributed by atoms with van der Waals surface area (Å²) in [7, 11) is 0. The van der Waals surface area contributed by atoms with Gasteiger partial charge < -0.3 is 16.4 Å². The van der Waals surface area contributed by atoms with E-state index in [2.05, 4.69) is 24.5 Å². The first-order valence-electron chi connectivity index (χ1n) is 5.28. The van der Waals surface area contributed by atoms with Gasteiger partial charge in [0.1, 0.15) is 0 Å².